The Kier molecular flexibility index (Phi) is 6.02. The SMILES string of the molecule is COc1cc(/C=C/C=C/c2ccc(OC(=O)O)cc2)cc(OC)c1. The van der Waals surface area contributed by atoms with Crippen molar-refractivity contribution in [3.63, 3.8) is 0 Å². The average molecular weight is 326 g/mol. The predicted molar refractivity (Wildman–Crippen MR) is 92.7 cm³/mol. The van der Waals surface area contributed by atoms with Gasteiger partial charge in [-0.3, -0.25) is 0 Å². The molecule has 0 atom stereocenters. The molecule has 0 fully saturated rings. The molecule has 0 aromatic heterocycles. The van der Waals surface area contributed by atoms with E-state index in [-0.39, 0.29) is 0 Å². The first kappa shape index (κ1) is 17.1. The van der Waals surface area contributed by atoms with Gasteiger partial charge in [0.15, 0.2) is 0 Å². The van der Waals surface area contributed by atoms with E-state index in [4.69, 9.17) is 14.6 Å². The molecule has 1 N–H and O–H groups in total. The van der Waals surface area contributed by atoms with Gasteiger partial charge in [-0.15, -0.1) is 0 Å². The minimum atomic E-state index is -1.32. The number of carboxylic acid groups (broad SMARTS) is 1. The van der Waals surface area contributed by atoms with Crippen LogP contribution >= 0.6 is 0 Å². The van der Waals surface area contributed by atoms with E-state index in [0.29, 0.717) is 5.75 Å². The van der Waals surface area contributed by atoms with Crippen LogP contribution in [0.25, 0.3) is 12.2 Å². The molecule has 5 nitrogen and oxygen atoms in total. The quantitative estimate of drug-likeness (QED) is 0.481. The Morgan fingerprint density at radius 2 is 1.38 bits per heavy atom. The van der Waals surface area contributed by atoms with Gasteiger partial charge in [-0.2, -0.15) is 0 Å². The normalized spacial score (nSPS) is 10.9. The molecule has 0 bridgehead atoms. The van der Waals surface area contributed by atoms with Crippen LogP contribution in [0.3, 0.4) is 0 Å². The molecule has 5 heteroatoms. The van der Waals surface area contributed by atoms with E-state index in [2.05, 4.69) is 4.74 Å². The van der Waals surface area contributed by atoms with Crippen LogP contribution < -0.4 is 14.2 Å². The van der Waals surface area contributed by atoms with Crippen LogP contribution in [0, 0.1) is 0 Å². The molecule has 0 saturated heterocycles. The van der Waals surface area contributed by atoms with Gasteiger partial charge in [0.05, 0.1) is 14.2 Å². The summed E-state index contributed by atoms with van der Waals surface area (Å²) in [5.41, 5.74) is 1.89. The van der Waals surface area contributed by atoms with Crippen molar-refractivity contribution in [2.45, 2.75) is 0 Å². The number of allylic oxidation sites excluding steroid dienone is 2. The third-order valence-electron chi connectivity index (χ3n) is 3.15. The number of ether oxygens (including phenoxy) is 3. The molecular weight excluding hydrogens is 308 g/mol. The van der Waals surface area contributed by atoms with Crippen molar-refractivity contribution in [2.24, 2.45) is 0 Å². The lowest BCUT2D eigenvalue weighted by Crippen LogP contribution is -2.02. The number of hydrogen-bond acceptors (Lipinski definition) is 4. The van der Waals surface area contributed by atoms with Crippen LogP contribution in [-0.4, -0.2) is 25.5 Å². The molecule has 0 unspecified atom stereocenters. The Labute approximate surface area is 140 Å². The van der Waals surface area contributed by atoms with E-state index >= 15 is 0 Å². The number of benzene rings is 2. The molecule has 0 radical (unpaired) electrons. The van der Waals surface area contributed by atoms with Gasteiger partial charge >= 0.3 is 6.16 Å². The number of carbonyl (C=O) groups is 1. The lowest BCUT2D eigenvalue weighted by molar-refractivity contribution is 0.144. The second kappa shape index (κ2) is 8.43. The summed E-state index contributed by atoms with van der Waals surface area (Å²) in [5.74, 6) is 1.75. The molecule has 0 spiro atoms. The van der Waals surface area contributed by atoms with Gasteiger partial charge in [-0.05, 0) is 35.4 Å². The summed E-state index contributed by atoms with van der Waals surface area (Å²) in [4.78, 5) is 10.4. The van der Waals surface area contributed by atoms with Crippen molar-refractivity contribution in [2.75, 3.05) is 14.2 Å². The van der Waals surface area contributed by atoms with Crippen molar-refractivity contribution in [1.29, 1.82) is 0 Å². The van der Waals surface area contributed by atoms with Crippen LogP contribution in [0.1, 0.15) is 11.1 Å². The molecule has 0 aliphatic heterocycles. The average Bonchev–Trinajstić information content (AvgIpc) is 2.59. The van der Waals surface area contributed by atoms with Crippen LogP contribution in [0.2, 0.25) is 0 Å². The molecule has 2 aromatic carbocycles. The maximum atomic E-state index is 10.4. The molecule has 0 amide bonds. The summed E-state index contributed by atoms with van der Waals surface area (Å²) in [6, 6.07) is 12.4. The van der Waals surface area contributed by atoms with Crippen LogP contribution in [0.5, 0.6) is 17.2 Å². The fourth-order valence-corrected chi connectivity index (χ4v) is 2.01. The van der Waals surface area contributed by atoms with E-state index < -0.39 is 6.16 Å². The highest BCUT2D eigenvalue weighted by Crippen LogP contribution is 2.23. The zero-order valence-corrected chi connectivity index (χ0v) is 13.4. The van der Waals surface area contributed by atoms with E-state index in [0.717, 1.165) is 22.6 Å². The Bertz CT molecular complexity index is 723. The molecule has 124 valence electrons. The first-order valence-electron chi connectivity index (χ1n) is 7.19. The second-order valence-electron chi connectivity index (χ2n) is 4.80. The summed E-state index contributed by atoms with van der Waals surface area (Å²) in [5, 5.41) is 8.53. The van der Waals surface area contributed by atoms with Gasteiger partial charge in [0.1, 0.15) is 17.2 Å². The van der Waals surface area contributed by atoms with Crippen molar-refractivity contribution in [1.82, 2.24) is 0 Å². The third-order valence-corrected chi connectivity index (χ3v) is 3.15. The predicted octanol–water partition coefficient (Wildman–Crippen LogP) is 4.49. The molecule has 0 aliphatic carbocycles. The van der Waals surface area contributed by atoms with E-state index in [1.807, 2.05) is 42.5 Å². The standard InChI is InChI=1S/C19H18O5/c1-22-17-11-15(12-18(13-17)23-2)6-4-3-5-14-7-9-16(10-8-14)24-19(20)21/h3-13H,1-2H3,(H,20,21)/b5-3+,6-4+. The fourth-order valence-electron chi connectivity index (χ4n) is 2.01. The van der Waals surface area contributed by atoms with E-state index in [9.17, 15) is 4.79 Å². The lowest BCUT2D eigenvalue weighted by Gasteiger charge is -2.05. The molecule has 0 saturated carbocycles. The molecule has 2 rings (SSSR count). The largest absolute Gasteiger partial charge is 0.511 e. The van der Waals surface area contributed by atoms with Crippen molar-refractivity contribution in [3.05, 3.63) is 65.7 Å². The van der Waals surface area contributed by atoms with Crippen LogP contribution in [0.4, 0.5) is 4.79 Å². The van der Waals surface area contributed by atoms with E-state index in [1.54, 1.807) is 38.5 Å². The highest BCUT2D eigenvalue weighted by Gasteiger charge is 2.00. The minimum absolute atomic E-state index is 0.290. The molecule has 24 heavy (non-hydrogen) atoms. The van der Waals surface area contributed by atoms with Gasteiger partial charge < -0.3 is 19.3 Å². The summed E-state index contributed by atoms with van der Waals surface area (Å²) in [7, 11) is 3.22. The van der Waals surface area contributed by atoms with Gasteiger partial charge in [-0.25, -0.2) is 4.79 Å². The first-order valence-corrected chi connectivity index (χ1v) is 7.19. The zero-order chi connectivity index (χ0) is 17.4. The fraction of sp³-hybridized carbons (Fsp3) is 0.105. The summed E-state index contributed by atoms with van der Waals surface area (Å²) < 4.78 is 15.0. The Balaban J connectivity index is 2.03. The molecule has 2 aromatic rings. The Morgan fingerprint density at radius 3 is 1.88 bits per heavy atom. The van der Waals surface area contributed by atoms with Crippen molar-refractivity contribution < 1.29 is 24.1 Å². The van der Waals surface area contributed by atoms with Crippen LogP contribution in [-0.2, 0) is 0 Å². The van der Waals surface area contributed by atoms with Gasteiger partial charge in [0, 0.05) is 6.07 Å². The summed E-state index contributed by atoms with van der Waals surface area (Å²) in [6.45, 7) is 0. The maximum Gasteiger partial charge on any atom is 0.511 e. The Morgan fingerprint density at radius 1 is 0.833 bits per heavy atom. The monoisotopic (exact) mass is 326 g/mol. The van der Waals surface area contributed by atoms with Gasteiger partial charge in [0.2, 0.25) is 0 Å². The molecule has 0 aliphatic rings. The first-order chi connectivity index (χ1) is 11.6. The number of methoxy groups -OCH3 is 2. The van der Waals surface area contributed by atoms with Crippen molar-refractivity contribution >= 4 is 18.3 Å². The third kappa shape index (κ3) is 5.21. The summed E-state index contributed by atoms with van der Waals surface area (Å²) >= 11 is 0. The topological polar surface area (TPSA) is 65.0 Å². The summed E-state index contributed by atoms with van der Waals surface area (Å²) in [6.07, 6.45) is 6.30. The van der Waals surface area contributed by atoms with Gasteiger partial charge in [0.25, 0.3) is 0 Å². The molecule has 0 heterocycles. The Hall–Kier alpha value is -3.21. The molecular formula is C19H18O5. The maximum absolute atomic E-state index is 10.4. The highest BCUT2D eigenvalue weighted by atomic mass is 16.7. The second-order valence-corrected chi connectivity index (χ2v) is 4.80. The number of hydrogen-bond donors (Lipinski definition) is 1. The van der Waals surface area contributed by atoms with Crippen LogP contribution in [0.15, 0.2) is 54.6 Å². The highest BCUT2D eigenvalue weighted by molar-refractivity contribution is 5.62. The van der Waals surface area contributed by atoms with Crippen molar-refractivity contribution in [3.8, 4) is 17.2 Å². The smallest absolute Gasteiger partial charge is 0.497 e. The lowest BCUT2D eigenvalue weighted by atomic mass is 10.1. The zero-order valence-electron chi connectivity index (χ0n) is 13.4. The van der Waals surface area contributed by atoms with Gasteiger partial charge in [-0.1, -0.05) is 36.4 Å². The number of rotatable bonds is 6. The minimum Gasteiger partial charge on any atom is -0.497 e. The van der Waals surface area contributed by atoms with E-state index in [1.165, 1.54) is 0 Å².